The van der Waals surface area contributed by atoms with Crippen LogP contribution in [0.3, 0.4) is 0 Å². The molecule has 4 heteroatoms. The van der Waals surface area contributed by atoms with E-state index in [1.807, 2.05) is 28.8 Å². The highest BCUT2D eigenvalue weighted by Crippen LogP contribution is 2.37. The van der Waals surface area contributed by atoms with Crippen molar-refractivity contribution < 1.29 is 5.11 Å². The molecule has 0 amide bonds. The van der Waals surface area contributed by atoms with Crippen molar-refractivity contribution >= 4 is 5.65 Å². The maximum Gasteiger partial charge on any atom is 0.219 e. The normalized spacial score (nSPS) is 14.7. The molecule has 5 rings (SSSR count). The zero-order valence-electron chi connectivity index (χ0n) is 16.7. The standard InChI is InChI=1S/C25H25N3O/c1-17-11-13-18(14-12-17)15-21-25(29)28-16-22(19-7-3-2-4-8-19)26-23(24(28)27-21)20-9-5-6-10-20/h2-4,7-8,11-14,16,20,29H,5-6,9-10,15H2,1H3. The van der Waals surface area contributed by atoms with Gasteiger partial charge in [0.05, 0.1) is 11.4 Å². The number of benzene rings is 2. The van der Waals surface area contributed by atoms with Gasteiger partial charge < -0.3 is 5.11 Å². The lowest BCUT2D eigenvalue weighted by Crippen LogP contribution is -2.03. The second kappa shape index (κ2) is 7.36. The molecular weight excluding hydrogens is 358 g/mol. The topological polar surface area (TPSA) is 50.4 Å². The van der Waals surface area contributed by atoms with Crippen LogP contribution < -0.4 is 0 Å². The summed E-state index contributed by atoms with van der Waals surface area (Å²) in [6, 6.07) is 18.6. The molecule has 1 aliphatic carbocycles. The predicted molar refractivity (Wildman–Crippen MR) is 115 cm³/mol. The summed E-state index contributed by atoms with van der Waals surface area (Å²) in [6.07, 6.45) is 7.28. The quantitative estimate of drug-likeness (QED) is 0.495. The van der Waals surface area contributed by atoms with Crippen molar-refractivity contribution in [3.63, 3.8) is 0 Å². The summed E-state index contributed by atoms with van der Waals surface area (Å²) in [6.45, 7) is 2.08. The average Bonchev–Trinajstić information content (AvgIpc) is 3.39. The molecule has 1 aliphatic rings. The van der Waals surface area contributed by atoms with E-state index in [9.17, 15) is 5.11 Å². The van der Waals surface area contributed by atoms with Crippen LogP contribution >= 0.6 is 0 Å². The summed E-state index contributed by atoms with van der Waals surface area (Å²) in [5, 5.41) is 11.0. The minimum absolute atomic E-state index is 0.222. The van der Waals surface area contributed by atoms with Gasteiger partial charge >= 0.3 is 0 Å². The van der Waals surface area contributed by atoms with Crippen LogP contribution in [-0.4, -0.2) is 19.5 Å². The van der Waals surface area contributed by atoms with E-state index in [0.29, 0.717) is 18.0 Å². The largest absolute Gasteiger partial charge is 0.493 e. The first kappa shape index (κ1) is 17.9. The number of rotatable bonds is 4. The van der Waals surface area contributed by atoms with Crippen LogP contribution in [-0.2, 0) is 6.42 Å². The Bertz CT molecular complexity index is 1140. The van der Waals surface area contributed by atoms with Gasteiger partial charge in [0.25, 0.3) is 0 Å². The number of imidazole rings is 1. The first-order chi connectivity index (χ1) is 14.2. The Hall–Kier alpha value is -3.14. The highest BCUT2D eigenvalue weighted by atomic mass is 16.3. The van der Waals surface area contributed by atoms with Crippen LogP contribution in [0.15, 0.2) is 60.8 Å². The summed E-state index contributed by atoms with van der Waals surface area (Å²) in [5.41, 5.74) is 6.85. The summed E-state index contributed by atoms with van der Waals surface area (Å²) in [5.74, 6) is 0.634. The molecule has 0 aliphatic heterocycles. The Morgan fingerprint density at radius 2 is 1.69 bits per heavy atom. The number of aromatic hydroxyl groups is 1. The smallest absolute Gasteiger partial charge is 0.219 e. The van der Waals surface area contributed by atoms with Crippen molar-refractivity contribution in [1.29, 1.82) is 0 Å². The summed E-state index contributed by atoms with van der Waals surface area (Å²) >= 11 is 0. The van der Waals surface area contributed by atoms with Crippen molar-refractivity contribution in [2.24, 2.45) is 0 Å². The molecule has 2 aromatic heterocycles. The zero-order valence-corrected chi connectivity index (χ0v) is 16.7. The highest BCUT2D eigenvalue weighted by Gasteiger charge is 2.25. The fourth-order valence-corrected chi connectivity index (χ4v) is 4.34. The van der Waals surface area contributed by atoms with Gasteiger partial charge in [-0.3, -0.25) is 4.40 Å². The third kappa shape index (κ3) is 3.39. The van der Waals surface area contributed by atoms with E-state index in [0.717, 1.165) is 41.0 Å². The van der Waals surface area contributed by atoms with Gasteiger partial charge in [0, 0.05) is 24.1 Å². The predicted octanol–water partition coefficient (Wildman–Crippen LogP) is 5.66. The molecule has 1 N–H and O–H groups in total. The molecule has 0 saturated heterocycles. The Kier molecular flexibility index (Phi) is 4.55. The number of aryl methyl sites for hydroxylation is 1. The van der Waals surface area contributed by atoms with Gasteiger partial charge in [0.2, 0.25) is 5.88 Å². The molecule has 0 radical (unpaired) electrons. The lowest BCUT2D eigenvalue weighted by molar-refractivity contribution is 0.442. The fourth-order valence-electron chi connectivity index (χ4n) is 4.34. The Morgan fingerprint density at radius 3 is 2.41 bits per heavy atom. The average molecular weight is 383 g/mol. The lowest BCUT2D eigenvalue weighted by atomic mass is 10.0. The third-order valence-corrected chi connectivity index (χ3v) is 5.98. The Morgan fingerprint density at radius 1 is 0.966 bits per heavy atom. The van der Waals surface area contributed by atoms with Crippen LogP contribution in [0, 0.1) is 6.92 Å². The van der Waals surface area contributed by atoms with Crippen molar-refractivity contribution in [3.8, 4) is 17.1 Å². The van der Waals surface area contributed by atoms with E-state index in [1.165, 1.54) is 18.4 Å². The molecule has 0 bridgehead atoms. The first-order valence-electron chi connectivity index (χ1n) is 10.4. The van der Waals surface area contributed by atoms with Gasteiger partial charge in [0.15, 0.2) is 5.65 Å². The molecule has 29 heavy (non-hydrogen) atoms. The van der Waals surface area contributed by atoms with Crippen molar-refractivity contribution in [2.75, 3.05) is 0 Å². The highest BCUT2D eigenvalue weighted by molar-refractivity contribution is 5.63. The van der Waals surface area contributed by atoms with Gasteiger partial charge in [-0.15, -0.1) is 0 Å². The second-order valence-electron chi connectivity index (χ2n) is 8.10. The monoisotopic (exact) mass is 383 g/mol. The van der Waals surface area contributed by atoms with Crippen molar-refractivity contribution in [1.82, 2.24) is 14.4 Å². The third-order valence-electron chi connectivity index (χ3n) is 5.98. The zero-order chi connectivity index (χ0) is 19.8. The van der Waals surface area contributed by atoms with Gasteiger partial charge in [-0.2, -0.15) is 0 Å². The number of hydrogen-bond donors (Lipinski definition) is 1. The summed E-state index contributed by atoms with van der Waals surface area (Å²) < 4.78 is 1.84. The second-order valence-corrected chi connectivity index (χ2v) is 8.10. The van der Waals surface area contributed by atoms with E-state index in [2.05, 4.69) is 43.3 Å². The molecule has 0 unspecified atom stereocenters. The van der Waals surface area contributed by atoms with E-state index in [4.69, 9.17) is 9.97 Å². The van der Waals surface area contributed by atoms with Crippen LogP contribution in [0.25, 0.3) is 16.9 Å². The van der Waals surface area contributed by atoms with E-state index in [-0.39, 0.29) is 5.88 Å². The lowest BCUT2D eigenvalue weighted by Gasteiger charge is -2.12. The van der Waals surface area contributed by atoms with Crippen LogP contribution in [0.5, 0.6) is 5.88 Å². The molecule has 4 aromatic rings. The van der Waals surface area contributed by atoms with E-state index in [1.54, 1.807) is 0 Å². The molecule has 2 aromatic carbocycles. The number of nitrogens with zero attached hydrogens (tertiary/aromatic N) is 3. The van der Waals surface area contributed by atoms with Crippen molar-refractivity contribution in [2.45, 2.75) is 44.9 Å². The molecule has 2 heterocycles. The molecule has 146 valence electrons. The molecule has 0 atom stereocenters. The first-order valence-corrected chi connectivity index (χ1v) is 10.4. The molecule has 0 spiro atoms. The Balaban J connectivity index is 1.64. The fraction of sp³-hybridized carbons (Fsp3) is 0.280. The van der Waals surface area contributed by atoms with Gasteiger partial charge in [-0.05, 0) is 25.3 Å². The van der Waals surface area contributed by atoms with Crippen LogP contribution in [0.4, 0.5) is 0 Å². The minimum atomic E-state index is 0.222. The maximum absolute atomic E-state index is 11.0. The molecule has 1 fully saturated rings. The van der Waals surface area contributed by atoms with E-state index < -0.39 is 0 Å². The summed E-state index contributed by atoms with van der Waals surface area (Å²) in [7, 11) is 0. The van der Waals surface area contributed by atoms with Crippen LogP contribution in [0.1, 0.15) is 54.1 Å². The maximum atomic E-state index is 11.0. The van der Waals surface area contributed by atoms with Gasteiger partial charge in [0.1, 0.15) is 5.69 Å². The van der Waals surface area contributed by atoms with Crippen LogP contribution in [0.2, 0.25) is 0 Å². The SMILES string of the molecule is Cc1ccc(Cc2nc3c(C4CCCC4)nc(-c4ccccc4)cn3c2O)cc1. The van der Waals surface area contributed by atoms with Gasteiger partial charge in [-0.25, -0.2) is 9.97 Å². The number of hydrogen-bond acceptors (Lipinski definition) is 3. The van der Waals surface area contributed by atoms with Gasteiger partial charge in [-0.1, -0.05) is 73.0 Å². The number of aromatic nitrogens is 3. The van der Waals surface area contributed by atoms with Crippen molar-refractivity contribution in [3.05, 3.63) is 83.3 Å². The molecular formula is C25H25N3O. The molecule has 1 saturated carbocycles. The Labute approximate surface area is 170 Å². The molecule has 4 nitrogen and oxygen atoms in total. The minimum Gasteiger partial charge on any atom is -0.493 e. The number of fused-ring (bicyclic) bond motifs is 1. The van der Waals surface area contributed by atoms with E-state index >= 15 is 0 Å². The summed E-state index contributed by atoms with van der Waals surface area (Å²) in [4.78, 5) is 9.89.